The van der Waals surface area contributed by atoms with Crippen molar-refractivity contribution in [2.45, 2.75) is 6.18 Å². The second-order valence-electron chi connectivity index (χ2n) is 10.1. The molecule has 0 bridgehead atoms. The summed E-state index contributed by atoms with van der Waals surface area (Å²) in [6, 6.07) is 44.3. The van der Waals surface area contributed by atoms with Gasteiger partial charge in [0.2, 0.25) is 0 Å². The van der Waals surface area contributed by atoms with Gasteiger partial charge in [0.1, 0.15) is 11.2 Å². The first-order chi connectivity index (χ1) is 19.9. The Kier molecular flexibility index (Phi) is 5.97. The molecule has 7 rings (SSSR count). The van der Waals surface area contributed by atoms with E-state index >= 15 is 0 Å². The number of hydrogen-bond donors (Lipinski definition) is 0. The van der Waals surface area contributed by atoms with Crippen molar-refractivity contribution < 1.29 is 17.6 Å². The molecule has 0 radical (unpaired) electrons. The number of alkyl halides is 3. The number of para-hydroxylation sites is 1. The highest BCUT2D eigenvalue weighted by Crippen LogP contribution is 2.35. The summed E-state index contributed by atoms with van der Waals surface area (Å²) < 4.78 is 45.3. The van der Waals surface area contributed by atoms with Crippen molar-refractivity contribution in [2.24, 2.45) is 0 Å². The molecule has 0 N–H and O–H groups in total. The zero-order chi connectivity index (χ0) is 28.0. The topological polar surface area (TPSA) is 13.1 Å². The fourth-order valence-corrected chi connectivity index (χ4v) is 5.35. The smallest absolute Gasteiger partial charge is 0.416 e. The quantitative estimate of drug-likeness (QED) is 0.216. The van der Waals surface area contributed by atoms with E-state index in [1.807, 2.05) is 48.5 Å². The van der Waals surface area contributed by atoms with Crippen LogP contribution in [0.15, 0.2) is 144 Å². The van der Waals surface area contributed by atoms with Crippen LogP contribution in [0.3, 0.4) is 0 Å². The summed E-state index contributed by atoms with van der Waals surface area (Å²) in [7, 11) is 0. The Hall–Kier alpha value is -5.09. The Morgan fingerprint density at radius 3 is 1.34 bits per heavy atom. The molecule has 41 heavy (non-hydrogen) atoms. The van der Waals surface area contributed by atoms with Crippen molar-refractivity contribution in [1.82, 2.24) is 0 Å². The molecule has 1 nitrogen and oxygen atoms in total. The van der Waals surface area contributed by atoms with Gasteiger partial charge in [-0.1, -0.05) is 109 Å². The van der Waals surface area contributed by atoms with E-state index in [9.17, 15) is 13.2 Å². The molecule has 0 aliphatic carbocycles. The lowest BCUT2D eigenvalue weighted by atomic mass is 9.96. The molecular formula is C37H23F3O. The van der Waals surface area contributed by atoms with Gasteiger partial charge in [-0.3, -0.25) is 0 Å². The van der Waals surface area contributed by atoms with Gasteiger partial charge in [-0.2, -0.15) is 13.2 Å². The van der Waals surface area contributed by atoms with Gasteiger partial charge < -0.3 is 4.42 Å². The van der Waals surface area contributed by atoms with Crippen LogP contribution in [0.5, 0.6) is 0 Å². The third-order valence-electron chi connectivity index (χ3n) is 7.55. The maximum Gasteiger partial charge on any atom is 0.416 e. The van der Waals surface area contributed by atoms with Crippen molar-refractivity contribution in [1.29, 1.82) is 0 Å². The summed E-state index contributed by atoms with van der Waals surface area (Å²) >= 11 is 0. The van der Waals surface area contributed by atoms with Crippen LogP contribution in [0.4, 0.5) is 13.2 Å². The largest absolute Gasteiger partial charge is 0.456 e. The maximum atomic E-state index is 13.1. The van der Waals surface area contributed by atoms with Crippen molar-refractivity contribution >= 4 is 21.9 Å². The van der Waals surface area contributed by atoms with E-state index in [1.165, 1.54) is 12.1 Å². The third-order valence-corrected chi connectivity index (χ3v) is 7.55. The number of hydrogen-bond acceptors (Lipinski definition) is 1. The molecule has 7 aromatic rings. The molecule has 0 fully saturated rings. The van der Waals surface area contributed by atoms with Gasteiger partial charge in [-0.05, 0) is 74.8 Å². The molecule has 1 aromatic heterocycles. The van der Waals surface area contributed by atoms with Crippen molar-refractivity contribution in [2.75, 3.05) is 0 Å². The Morgan fingerprint density at radius 1 is 0.366 bits per heavy atom. The molecule has 6 aromatic carbocycles. The second-order valence-corrected chi connectivity index (χ2v) is 10.1. The number of halogens is 3. The lowest BCUT2D eigenvalue weighted by Gasteiger charge is -2.10. The number of rotatable bonds is 4. The lowest BCUT2D eigenvalue weighted by Crippen LogP contribution is -2.04. The highest BCUT2D eigenvalue weighted by Gasteiger charge is 2.30. The molecule has 0 atom stereocenters. The van der Waals surface area contributed by atoms with Crippen LogP contribution in [0, 0.1) is 0 Å². The average molecular weight is 541 g/mol. The average Bonchev–Trinajstić information content (AvgIpc) is 3.39. The molecule has 1 heterocycles. The van der Waals surface area contributed by atoms with E-state index in [2.05, 4.69) is 66.7 Å². The molecule has 0 saturated carbocycles. The van der Waals surface area contributed by atoms with E-state index in [0.29, 0.717) is 5.56 Å². The van der Waals surface area contributed by atoms with Crippen LogP contribution >= 0.6 is 0 Å². The first kappa shape index (κ1) is 24.9. The van der Waals surface area contributed by atoms with Gasteiger partial charge >= 0.3 is 6.18 Å². The first-order valence-corrected chi connectivity index (χ1v) is 13.3. The summed E-state index contributed by atoms with van der Waals surface area (Å²) in [5.41, 5.74) is 8.98. The van der Waals surface area contributed by atoms with Gasteiger partial charge in [-0.15, -0.1) is 0 Å². The molecule has 0 aliphatic rings. The van der Waals surface area contributed by atoms with Crippen LogP contribution in [0.1, 0.15) is 5.56 Å². The maximum absolute atomic E-state index is 13.1. The van der Waals surface area contributed by atoms with Crippen LogP contribution in [-0.2, 0) is 6.18 Å². The molecule has 0 saturated heterocycles. The highest BCUT2D eigenvalue weighted by molar-refractivity contribution is 6.06. The zero-order valence-corrected chi connectivity index (χ0v) is 21.8. The van der Waals surface area contributed by atoms with Gasteiger partial charge in [0.05, 0.1) is 5.56 Å². The van der Waals surface area contributed by atoms with Gasteiger partial charge in [-0.25, -0.2) is 0 Å². The second kappa shape index (κ2) is 9.83. The minimum Gasteiger partial charge on any atom is -0.456 e. The summed E-state index contributed by atoms with van der Waals surface area (Å²) in [5.74, 6) is 0. The van der Waals surface area contributed by atoms with Crippen LogP contribution < -0.4 is 0 Å². The number of fused-ring (bicyclic) bond motifs is 3. The summed E-state index contributed by atoms with van der Waals surface area (Å²) in [6.45, 7) is 0. The van der Waals surface area contributed by atoms with E-state index in [1.54, 1.807) is 6.07 Å². The normalized spacial score (nSPS) is 11.8. The Balaban J connectivity index is 1.10. The first-order valence-electron chi connectivity index (χ1n) is 13.3. The monoisotopic (exact) mass is 540 g/mol. The van der Waals surface area contributed by atoms with Gasteiger partial charge in [0.25, 0.3) is 0 Å². The molecule has 198 valence electrons. The molecule has 0 amide bonds. The predicted molar refractivity (Wildman–Crippen MR) is 160 cm³/mol. The van der Waals surface area contributed by atoms with Crippen LogP contribution in [0.25, 0.3) is 66.4 Å². The van der Waals surface area contributed by atoms with E-state index in [0.717, 1.165) is 66.9 Å². The molecule has 0 spiro atoms. The lowest BCUT2D eigenvalue weighted by molar-refractivity contribution is -0.137. The summed E-state index contributed by atoms with van der Waals surface area (Å²) in [5, 5.41) is 2.23. The van der Waals surface area contributed by atoms with Crippen LogP contribution in [-0.4, -0.2) is 0 Å². The molecular weight excluding hydrogens is 517 g/mol. The van der Waals surface area contributed by atoms with E-state index < -0.39 is 11.7 Å². The van der Waals surface area contributed by atoms with E-state index in [4.69, 9.17) is 4.42 Å². The summed E-state index contributed by atoms with van der Waals surface area (Å²) in [6.07, 6.45) is -4.36. The predicted octanol–water partition coefficient (Wildman–Crippen LogP) is 11.3. The van der Waals surface area contributed by atoms with Crippen molar-refractivity contribution in [3.05, 3.63) is 145 Å². The minimum atomic E-state index is -4.36. The SMILES string of the molecule is FC(F)(F)c1cccc(-c2ccc(-c3ccc(-c4ccc(-c5ccc6oc7ccccc7c6c5)cc4)cc3)cc2)c1. The Morgan fingerprint density at radius 2 is 0.805 bits per heavy atom. The fraction of sp³-hybridized carbons (Fsp3) is 0.0270. The molecule has 4 heteroatoms. The molecule has 0 unspecified atom stereocenters. The minimum absolute atomic E-state index is 0.545. The highest BCUT2D eigenvalue weighted by atomic mass is 19.4. The summed E-state index contributed by atoms with van der Waals surface area (Å²) in [4.78, 5) is 0. The number of furan rings is 1. The third kappa shape index (κ3) is 4.78. The zero-order valence-electron chi connectivity index (χ0n) is 21.8. The Bertz CT molecular complexity index is 2000. The van der Waals surface area contributed by atoms with Crippen molar-refractivity contribution in [3.8, 4) is 44.5 Å². The number of benzene rings is 6. The Labute approximate surface area is 235 Å². The molecule has 0 aliphatic heterocycles. The van der Waals surface area contributed by atoms with Crippen molar-refractivity contribution in [3.63, 3.8) is 0 Å². The standard InChI is InChI=1S/C37H23F3O/c38-37(39,40)32-5-3-4-30(22-32)28-16-12-26(13-17-28)24-8-10-25(11-9-24)27-14-18-29(19-15-27)31-20-21-36-34(23-31)33-6-1-2-7-35(33)41-36/h1-23H. The van der Waals surface area contributed by atoms with Gasteiger partial charge in [0, 0.05) is 10.8 Å². The van der Waals surface area contributed by atoms with E-state index in [-0.39, 0.29) is 0 Å². The van der Waals surface area contributed by atoms with Gasteiger partial charge in [0.15, 0.2) is 0 Å². The fourth-order valence-electron chi connectivity index (χ4n) is 5.35. The van der Waals surface area contributed by atoms with Crippen LogP contribution in [0.2, 0.25) is 0 Å².